The third-order valence-electron chi connectivity index (χ3n) is 4.81. The molecule has 0 spiro atoms. The first-order valence-electron chi connectivity index (χ1n) is 8.84. The Labute approximate surface area is 164 Å². The first-order chi connectivity index (χ1) is 13.5. The molecule has 2 aromatic carbocycles. The zero-order chi connectivity index (χ0) is 20.3. The lowest BCUT2D eigenvalue weighted by molar-refractivity contribution is 0.0999. The molecule has 0 bridgehead atoms. The molecule has 0 radical (unpaired) electrons. The largest absolute Gasteiger partial charge is 0.497 e. The topological polar surface area (TPSA) is 75.7 Å². The fourth-order valence-electron chi connectivity index (χ4n) is 3.37. The Morgan fingerprint density at radius 3 is 2.39 bits per heavy atom. The summed E-state index contributed by atoms with van der Waals surface area (Å²) < 4.78 is 18.4. The van der Waals surface area contributed by atoms with E-state index in [2.05, 4.69) is 0 Å². The second kappa shape index (κ2) is 8.08. The number of aromatic nitrogens is 1. The van der Waals surface area contributed by atoms with Gasteiger partial charge in [0.25, 0.3) is 5.91 Å². The summed E-state index contributed by atoms with van der Waals surface area (Å²) in [6.07, 6.45) is 0. The van der Waals surface area contributed by atoms with Crippen LogP contribution in [-0.4, -0.2) is 31.8 Å². The molecule has 6 heteroatoms. The molecule has 1 amide bonds. The Morgan fingerprint density at radius 2 is 1.75 bits per heavy atom. The lowest BCUT2D eigenvalue weighted by Crippen LogP contribution is -2.13. The molecular formula is C22H24N2O4. The van der Waals surface area contributed by atoms with Crippen LogP contribution in [-0.2, 0) is 6.54 Å². The number of hydrogen-bond acceptors (Lipinski definition) is 4. The summed E-state index contributed by atoms with van der Waals surface area (Å²) in [6.45, 7) is 2.38. The number of amides is 1. The molecule has 6 nitrogen and oxygen atoms in total. The van der Waals surface area contributed by atoms with Crippen LogP contribution in [0, 0.1) is 6.92 Å². The Kier molecular flexibility index (Phi) is 5.59. The maximum absolute atomic E-state index is 12.0. The van der Waals surface area contributed by atoms with Crippen LogP contribution in [0.4, 0.5) is 0 Å². The summed E-state index contributed by atoms with van der Waals surface area (Å²) in [5.74, 6) is 1.60. The zero-order valence-corrected chi connectivity index (χ0v) is 16.5. The van der Waals surface area contributed by atoms with Crippen molar-refractivity contribution in [1.29, 1.82) is 0 Å². The summed E-state index contributed by atoms with van der Waals surface area (Å²) in [7, 11) is 4.84. The maximum Gasteiger partial charge on any atom is 0.250 e. The lowest BCUT2D eigenvalue weighted by atomic mass is 10.1. The van der Waals surface area contributed by atoms with Crippen LogP contribution in [0.2, 0.25) is 0 Å². The van der Waals surface area contributed by atoms with E-state index in [0.29, 0.717) is 23.6 Å². The van der Waals surface area contributed by atoms with E-state index in [1.165, 1.54) is 0 Å². The average Bonchev–Trinajstić information content (AvgIpc) is 3.04. The summed E-state index contributed by atoms with van der Waals surface area (Å²) in [4.78, 5) is 12.0. The van der Waals surface area contributed by atoms with Gasteiger partial charge in [-0.3, -0.25) is 4.79 Å². The van der Waals surface area contributed by atoms with Gasteiger partial charge in [-0.25, -0.2) is 0 Å². The molecule has 0 aliphatic carbocycles. The summed E-state index contributed by atoms with van der Waals surface area (Å²) in [5.41, 5.74) is 9.61. The van der Waals surface area contributed by atoms with Crippen molar-refractivity contribution >= 4 is 5.91 Å². The smallest absolute Gasteiger partial charge is 0.250 e. The number of hydrogen-bond donors (Lipinski definition) is 1. The highest BCUT2D eigenvalue weighted by Gasteiger charge is 2.19. The van der Waals surface area contributed by atoms with E-state index in [9.17, 15) is 4.79 Å². The predicted octanol–water partition coefficient (Wildman–Crippen LogP) is 3.64. The van der Waals surface area contributed by atoms with Gasteiger partial charge in [-0.15, -0.1) is 0 Å². The number of para-hydroxylation sites is 1. The second-order valence-corrected chi connectivity index (χ2v) is 6.36. The van der Waals surface area contributed by atoms with Gasteiger partial charge in [0.2, 0.25) is 0 Å². The molecule has 0 aliphatic heterocycles. The normalized spacial score (nSPS) is 10.6. The van der Waals surface area contributed by atoms with E-state index in [-0.39, 0.29) is 0 Å². The van der Waals surface area contributed by atoms with Gasteiger partial charge in [0.05, 0.1) is 33.4 Å². The molecule has 0 saturated heterocycles. The molecule has 2 N–H and O–H groups in total. The van der Waals surface area contributed by atoms with E-state index in [0.717, 1.165) is 28.3 Å². The van der Waals surface area contributed by atoms with Crippen molar-refractivity contribution in [2.75, 3.05) is 21.3 Å². The van der Waals surface area contributed by atoms with Crippen LogP contribution in [0.15, 0.2) is 48.5 Å². The number of methoxy groups -OCH3 is 3. The van der Waals surface area contributed by atoms with Gasteiger partial charge < -0.3 is 24.5 Å². The molecule has 0 aliphatic rings. The van der Waals surface area contributed by atoms with Gasteiger partial charge in [0, 0.05) is 22.5 Å². The SMILES string of the molecule is COc1cccc(-c2cc(C(N)=O)c(C)n2Cc2cccc(OC)c2OC)c1. The Bertz CT molecular complexity index is 1010. The first kappa shape index (κ1) is 19.4. The fraction of sp³-hybridized carbons (Fsp3) is 0.227. The second-order valence-electron chi connectivity index (χ2n) is 6.36. The predicted molar refractivity (Wildman–Crippen MR) is 108 cm³/mol. The minimum atomic E-state index is -0.460. The highest BCUT2D eigenvalue weighted by Crippen LogP contribution is 2.34. The van der Waals surface area contributed by atoms with Gasteiger partial charge in [0.1, 0.15) is 5.75 Å². The number of carbonyl (C=O) groups is 1. The van der Waals surface area contributed by atoms with Crippen molar-refractivity contribution in [1.82, 2.24) is 4.57 Å². The van der Waals surface area contributed by atoms with Crippen LogP contribution in [0.3, 0.4) is 0 Å². The number of rotatable bonds is 7. The molecular weight excluding hydrogens is 356 g/mol. The van der Waals surface area contributed by atoms with Crippen LogP contribution < -0.4 is 19.9 Å². The van der Waals surface area contributed by atoms with E-state index >= 15 is 0 Å². The quantitative estimate of drug-likeness (QED) is 0.679. The summed E-state index contributed by atoms with van der Waals surface area (Å²) in [6, 6.07) is 15.2. The highest BCUT2D eigenvalue weighted by atomic mass is 16.5. The van der Waals surface area contributed by atoms with Crippen molar-refractivity contribution in [3.05, 3.63) is 65.4 Å². The molecule has 0 saturated carbocycles. The molecule has 3 rings (SSSR count). The van der Waals surface area contributed by atoms with E-state index < -0.39 is 5.91 Å². The first-order valence-corrected chi connectivity index (χ1v) is 8.84. The molecule has 146 valence electrons. The monoisotopic (exact) mass is 380 g/mol. The Hall–Kier alpha value is -3.41. The van der Waals surface area contributed by atoms with Crippen LogP contribution in [0.5, 0.6) is 17.2 Å². The number of ether oxygens (including phenoxy) is 3. The number of nitrogens with two attached hydrogens (primary N) is 1. The van der Waals surface area contributed by atoms with Gasteiger partial charge in [-0.05, 0) is 31.2 Å². The van der Waals surface area contributed by atoms with Crippen molar-refractivity contribution in [2.24, 2.45) is 5.73 Å². The standard InChI is InChI=1S/C22H24N2O4/c1-14-18(22(23)25)12-19(15-7-5-9-17(11-15)26-2)24(14)13-16-8-6-10-20(27-3)21(16)28-4/h5-12H,13H2,1-4H3,(H2,23,25). The third-order valence-corrected chi connectivity index (χ3v) is 4.81. The zero-order valence-electron chi connectivity index (χ0n) is 16.5. The highest BCUT2D eigenvalue weighted by molar-refractivity contribution is 5.95. The third kappa shape index (κ3) is 3.53. The minimum Gasteiger partial charge on any atom is -0.497 e. The van der Waals surface area contributed by atoms with E-state index in [1.54, 1.807) is 21.3 Å². The number of nitrogens with zero attached hydrogens (tertiary/aromatic N) is 1. The molecule has 28 heavy (non-hydrogen) atoms. The fourth-order valence-corrected chi connectivity index (χ4v) is 3.37. The molecule has 1 aromatic heterocycles. The molecule has 0 fully saturated rings. The molecule has 0 unspecified atom stereocenters. The van der Waals surface area contributed by atoms with Gasteiger partial charge in [0.15, 0.2) is 11.5 Å². The van der Waals surface area contributed by atoms with Gasteiger partial charge in [-0.1, -0.05) is 24.3 Å². The lowest BCUT2D eigenvalue weighted by Gasteiger charge is -2.17. The Balaban J connectivity index is 2.16. The molecule has 3 aromatic rings. The van der Waals surface area contributed by atoms with Crippen LogP contribution in [0.1, 0.15) is 21.6 Å². The van der Waals surface area contributed by atoms with Crippen molar-refractivity contribution in [3.63, 3.8) is 0 Å². The van der Waals surface area contributed by atoms with Crippen LogP contribution in [0.25, 0.3) is 11.3 Å². The van der Waals surface area contributed by atoms with Crippen molar-refractivity contribution in [3.8, 4) is 28.5 Å². The maximum atomic E-state index is 12.0. The molecule has 1 heterocycles. The van der Waals surface area contributed by atoms with E-state index in [1.807, 2.05) is 60.0 Å². The summed E-state index contributed by atoms with van der Waals surface area (Å²) >= 11 is 0. The number of carbonyl (C=O) groups excluding carboxylic acids is 1. The van der Waals surface area contributed by atoms with E-state index in [4.69, 9.17) is 19.9 Å². The Morgan fingerprint density at radius 1 is 1.00 bits per heavy atom. The minimum absolute atomic E-state index is 0.460. The number of primary amides is 1. The van der Waals surface area contributed by atoms with Crippen molar-refractivity contribution in [2.45, 2.75) is 13.5 Å². The molecule has 0 atom stereocenters. The number of benzene rings is 2. The van der Waals surface area contributed by atoms with Gasteiger partial charge >= 0.3 is 0 Å². The van der Waals surface area contributed by atoms with Crippen LogP contribution >= 0.6 is 0 Å². The van der Waals surface area contributed by atoms with Crippen molar-refractivity contribution < 1.29 is 19.0 Å². The average molecular weight is 380 g/mol. The van der Waals surface area contributed by atoms with Gasteiger partial charge in [-0.2, -0.15) is 0 Å². The summed E-state index contributed by atoms with van der Waals surface area (Å²) in [5, 5.41) is 0.